The Morgan fingerprint density at radius 1 is 0.327 bits per heavy atom. The van der Waals surface area contributed by atoms with Crippen molar-refractivity contribution in [1.29, 1.82) is 0 Å². The van der Waals surface area contributed by atoms with Gasteiger partial charge in [-0.1, -0.05) is 109 Å². The first kappa shape index (κ1) is 26.9. The van der Waals surface area contributed by atoms with Crippen LogP contribution in [0.25, 0.3) is 97.1 Å². The summed E-state index contributed by atoms with van der Waals surface area (Å²) in [6, 6.07) is 62.4. The Labute approximate surface area is 286 Å². The molecule has 228 valence electrons. The second-order valence-corrected chi connectivity index (χ2v) is 14.0. The summed E-state index contributed by atoms with van der Waals surface area (Å²) in [6.45, 7) is 0. The fourth-order valence-corrected chi connectivity index (χ4v) is 9.35. The van der Waals surface area contributed by atoms with Gasteiger partial charge >= 0.3 is 0 Å². The topological polar surface area (TPSA) is 9.86 Å². The molecule has 0 fully saturated rings. The minimum absolute atomic E-state index is 1.18. The van der Waals surface area contributed by atoms with Gasteiger partial charge < -0.3 is 9.13 Å². The molecule has 3 aromatic heterocycles. The fourth-order valence-electron chi connectivity index (χ4n) is 8.13. The number of aromatic nitrogens is 2. The lowest BCUT2D eigenvalue weighted by Crippen LogP contribution is -1.95. The van der Waals surface area contributed by atoms with Crippen molar-refractivity contribution < 1.29 is 0 Å². The van der Waals surface area contributed by atoms with Gasteiger partial charge in [-0.15, -0.1) is 11.3 Å². The molecule has 11 rings (SSSR count). The summed E-state index contributed by atoms with van der Waals surface area (Å²) in [5.41, 5.74) is 9.73. The number of rotatable bonds is 3. The van der Waals surface area contributed by atoms with Gasteiger partial charge in [0.1, 0.15) is 0 Å². The molecule has 0 aliphatic carbocycles. The first-order valence-electron chi connectivity index (χ1n) is 16.8. The smallest absolute Gasteiger partial charge is 0.0547 e. The number of hydrogen-bond acceptors (Lipinski definition) is 1. The number of thiophene rings is 1. The lowest BCUT2D eigenvalue weighted by Gasteiger charge is -2.13. The molecule has 0 spiro atoms. The number of fused-ring (bicyclic) bond motifs is 11. The molecule has 0 N–H and O–H groups in total. The monoisotopic (exact) mass is 640 g/mol. The number of benzene rings is 8. The van der Waals surface area contributed by atoms with E-state index in [9.17, 15) is 0 Å². The molecule has 0 unspecified atom stereocenters. The Bertz CT molecular complexity index is 3100. The highest BCUT2D eigenvalue weighted by Crippen LogP contribution is 2.44. The quantitative estimate of drug-likeness (QED) is 0.182. The zero-order chi connectivity index (χ0) is 32.1. The van der Waals surface area contributed by atoms with Crippen LogP contribution in [0, 0.1) is 0 Å². The van der Waals surface area contributed by atoms with Crippen LogP contribution in [-0.4, -0.2) is 9.13 Å². The van der Waals surface area contributed by atoms with Gasteiger partial charge in [0.25, 0.3) is 0 Å². The molecule has 0 saturated carbocycles. The molecular formula is C46H28N2S. The van der Waals surface area contributed by atoms with Gasteiger partial charge in [0, 0.05) is 58.2 Å². The van der Waals surface area contributed by atoms with E-state index >= 15 is 0 Å². The first-order chi connectivity index (χ1) is 24.3. The van der Waals surface area contributed by atoms with E-state index in [1.165, 1.54) is 97.1 Å². The van der Waals surface area contributed by atoms with Gasteiger partial charge in [-0.2, -0.15) is 0 Å². The Kier molecular flexibility index (Phi) is 5.57. The fraction of sp³-hybridized carbons (Fsp3) is 0. The molecule has 0 radical (unpaired) electrons. The van der Waals surface area contributed by atoms with Crippen molar-refractivity contribution in [2.24, 2.45) is 0 Å². The molecule has 0 aliphatic heterocycles. The van der Waals surface area contributed by atoms with E-state index in [4.69, 9.17) is 0 Å². The molecule has 3 heteroatoms. The average molecular weight is 641 g/mol. The Balaban J connectivity index is 1.16. The third-order valence-corrected chi connectivity index (χ3v) is 11.5. The third-order valence-electron chi connectivity index (χ3n) is 10.3. The number of nitrogens with zero attached hydrogens (tertiary/aromatic N) is 2. The van der Waals surface area contributed by atoms with E-state index in [1.54, 1.807) is 0 Å². The Morgan fingerprint density at radius 2 is 0.837 bits per heavy atom. The molecule has 0 amide bonds. The van der Waals surface area contributed by atoms with Gasteiger partial charge in [0.2, 0.25) is 0 Å². The minimum atomic E-state index is 1.18. The van der Waals surface area contributed by atoms with E-state index in [1.807, 2.05) is 11.3 Å². The van der Waals surface area contributed by atoms with Crippen LogP contribution in [0.5, 0.6) is 0 Å². The van der Waals surface area contributed by atoms with E-state index in [-0.39, 0.29) is 0 Å². The van der Waals surface area contributed by atoms with Crippen LogP contribution in [0.1, 0.15) is 0 Å². The van der Waals surface area contributed by atoms with Gasteiger partial charge in [0.05, 0.1) is 27.8 Å². The van der Waals surface area contributed by atoms with Crippen LogP contribution in [0.3, 0.4) is 0 Å². The van der Waals surface area contributed by atoms with Crippen LogP contribution in [0.2, 0.25) is 0 Å². The van der Waals surface area contributed by atoms with Crippen LogP contribution in [0.4, 0.5) is 0 Å². The van der Waals surface area contributed by atoms with Gasteiger partial charge in [-0.3, -0.25) is 0 Å². The maximum Gasteiger partial charge on any atom is 0.0547 e. The predicted molar refractivity (Wildman–Crippen MR) is 211 cm³/mol. The standard InChI is InChI=1S/C46H28N2S/c1-2-12-31(13-3-1)47-40-19-9-6-15-33(40)37-26-29(22-24-42(37)47)30-23-25-43-38(27-30)34-16-7-10-20-41(34)48(43)44-28-39-35-17-8-11-21-45(35)49-46(39)36-18-5-4-14-32(36)44/h1-28H. The third kappa shape index (κ3) is 3.82. The molecule has 2 nitrogen and oxygen atoms in total. The van der Waals surface area contributed by atoms with Crippen molar-refractivity contribution in [3.8, 4) is 22.5 Å². The van der Waals surface area contributed by atoms with Crippen molar-refractivity contribution in [3.05, 3.63) is 170 Å². The highest BCUT2D eigenvalue weighted by atomic mass is 32.1. The molecule has 11 aromatic rings. The Morgan fingerprint density at radius 3 is 1.53 bits per heavy atom. The highest BCUT2D eigenvalue weighted by molar-refractivity contribution is 7.26. The molecule has 0 bridgehead atoms. The van der Waals surface area contributed by atoms with Crippen molar-refractivity contribution >= 4 is 85.9 Å². The maximum atomic E-state index is 2.49. The van der Waals surface area contributed by atoms with Crippen molar-refractivity contribution in [3.63, 3.8) is 0 Å². The second-order valence-electron chi connectivity index (χ2n) is 12.9. The molecule has 3 heterocycles. The first-order valence-corrected chi connectivity index (χ1v) is 17.6. The molecule has 0 saturated heterocycles. The normalized spacial score (nSPS) is 12.1. The summed E-state index contributed by atoms with van der Waals surface area (Å²) in [4.78, 5) is 0. The van der Waals surface area contributed by atoms with Gasteiger partial charge in [-0.25, -0.2) is 0 Å². The predicted octanol–water partition coefficient (Wildman–Crippen LogP) is 13.1. The van der Waals surface area contributed by atoms with Crippen LogP contribution < -0.4 is 0 Å². The van der Waals surface area contributed by atoms with Gasteiger partial charge in [-0.05, 0) is 71.8 Å². The molecular weight excluding hydrogens is 613 g/mol. The lowest BCUT2D eigenvalue weighted by atomic mass is 10.0. The lowest BCUT2D eigenvalue weighted by molar-refractivity contribution is 1.18. The SMILES string of the molecule is c1ccc(-n2c3ccccc3c3cc(-c4ccc5c(c4)c4ccccc4n5-c4cc5c6ccccc6sc5c5ccccc45)ccc32)cc1. The molecule has 8 aromatic carbocycles. The second kappa shape index (κ2) is 10.2. The van der Waals surface area contributed by atoms with Crippen molar-refractivity contribution in [2.45, 2.75) is 0 Å². The average Bonchev–Trinajstić information content (AvgIpc) is 3.82. The summed E-state index contributed by atoms with van der Waals surface area (Å²) in [7, 11) is 0. The number of hydrogen-bond donors (Lipinski definition) is 0. The maximum absolute atomic E-state index is 2.49. The largest absolute Gasteiger partial charge is 0.309 e. The zero-order valence-corrected chi connectivity index (χ0v) is 27.3. The number of para-hydroxylation sites is 3. The molecule has 0 aliphatic rings. The highest BCUT2D eigenvalue weighted by Gasteiger charge is 2.19. The van der Waals surface area contributed by atoms with E-state index < -0.39 is 0 Å². The van der Waals surface area contributed by atoms with Crippen LogP contribution in [-0.2, 0) is 0 Å². The van der Waals surface area contributed by atoms with Crippen LogP contribution >= 0.6 is 11.3 Å². The zero-order valence-electron chi connectivity index (χ0n) is 26.5. The Hall–Kier alpha value is -6.16. The van der Waals surface area contributed by atoms with E-state index in [0.29, 0.717) is 0 Å². The summed E-state index contributed by atoms with van der Waals surface area (Å²) < 4.78 is 7.55. The minimum Gasteiger partial charge on any atom is -0.309 e. The summed E-state index contributed by atoms with van der Waals surface area (Å²) in [5, 5.41) is 10.3. The molecule has 49 heavy (non-hydrogen) atoms. The van der Waals surface area contributed by atoms with E-state index in [0.717, 1.165) is 0 Å². The van der Waals surface area contributed by atoms with Crippen molar-refractivity contribution in [2.75, 3.05) is 0 Å². The van der Waals surface area contributed by atoms with E-state index in [2.05, 4.69) is 179 Å². The summed E-state index contributed by atoms with van der Waals surface area (Å²) in [6.07, 6.45) is 0. The van der Waals surface area contributed by atoms with Crippen molar-refractivity contribution in [1.82, 2.24) is 9.13 Å². The van der Waals surface area contributed by atoms with Gasteiger partial charge in [0.15, 0.2) is 0 Å². The summed E-state index contributed by atoms with van der Waals surface area (Å²) in [5.74, 6) is 0. The summed E-state index contributed by atoms with van der Waals surface area (Å²) >= 11 is 1.89. The van der Waals surface area contributed by atoms with Crippen LogP contribution in [0.15, 0.2) is 170 Å². The molecule has 0 atom stereocenters.